The monoisotopic (exact) mass is 375 g/mol. The summed E-state index contributed by atoms with van der Waals surface area (Å²) < 4.78 is 0. The van der Waals surface area contributed by atoms with Gasteiger partial charge in [-0.1, -0.05) is 37.0 Å². The number of thioether (sulfide) groups is 2. The van der Waals surface area contributed by atoms with Gasteiger partial charge < -0.3 is 23.0 Å². The maximum atomic E-state index is 9.14. The van der Waals surface area contributed by atoms with Crippen molar-refractivity contribution >= 4 is 41.0 Å². The molecule has 0 radical (unpaired) electrons. The number of nitrogens with one attached hydrogen (secondary N) is 1. The summed E-state index contributed by atoms with van der Waals surface area (Å²) in [4.78, 5) is 16.7. The van der Waals surface area contributed by atoms with Gasteiger partial charge in [-0.3, -0.25) is 9.78 Å². The van der Waals surface area contributed by atoms with E-state index in [1.54, 1.807) is 18.6 Å². The summed E-state index contributed by atoms with van der Waals surface area (Å²) >= 11 is 2.63. The van der Waals surface area contributed by atoms with Crippen LogP contribution in [0.15, 0.2) is 40.9 Å². The van der Waals surface area contributed by atoms with Crippen LogP contribution < -0.4 is 23.0 Å². The Morgan fingerprint density at radius 3 is 1.88 bits per heavy atom. The molecule has 0 unspecified atom stereocenters. The number of H-pyrrole nitrogens is 1. The van der Waals surface area contributed by atoms with E-state index >= 15 is 0 Å². The highest BCUT2D eigenvalue weighted by atomic mass is 32.2. The third-order valence-corrected chi connectivity index (χ3v) is 2.22. The van der Waals surface area contributed by atoms with E-state index in [1.165, 1.54) is 23.5 Å². The first-order valence-corrected chi connectivity index (χ1v) is 8.35. The average molecular weight is 376 g/mol. The molecule has 0 aliphatic heterocycles. The van der Waals surface area contributed by atoms with E-state index in [-0.39, 0.29) is 13.4 Å². The predicted octanol–water partition coefficient (Wildman–Crippen LogP) is 0.500. The minimum absolute atomic E-state index is 0. The summed E-state index contributed by atoms with van der Waals surface area (Å²) in [6, 6.07) is 5.72. The second-order valence-corrected chi connectivity index (χ2v) is 4.56. The number of anilines is 1. The highest BCUT2D eigenvalue weighted by Gasteiger charge is 1.93. The second-order valence-electron chi connectivity index (χ2n) is 3.12. The van der Waals surface area contributed by atoms with Crippen molar-refractivity contribution in [1.29, 1.82) is 0 Å². The number of hydrogen-bond acceptors (Lipinski definition) is 9. The van der Waals surface area contributed by atoms with Gasteiger partial charge in [-0.2, -0.15) is 4.98 Å². The summed E-state index contributed by atoms with van der Waals surface area (Å²) in [6.07, 6.45) is 7.12. The van der Waals surface area contributed by atoms with Crippen molar-refractivity contribution < 1.29 is 4.79 Å². The van der Waals surface area contributed by atoms with E-state index < -0.39 is 0 Å². The van der Waals surface area contributed by atoms with Crippen molar-refractivity contribution in [1.82, 2.24) is 20.2 Å². The van der Waals surface area contributed by atoms with Crippen LogP contribution in [0, 0.1) is 0 Å². The van der Waals surface area contributed by atoms with Crippen LogP contribution in [0.25, 0.3) is 0 Å². The van der Waals surface area contributed by atoms with Gasteiger partial charge in [0.05, 0.1) is 0 Å². The Kier molecular flexibility index (Phi) is 22.6. The zero-order valence-corrected chi connectivity index (χ0v) is 14.4. The number of aromatic nitrogens is 4. The number of rotatable bonds is 2. The normalized spacial score (nSPS) is 7.58. The van der Waals surface area contributed by atoms with Crippen molar-refractivity contribution in [3.63, 3.8) is 0 Å². The zero-order chi connectivity index (χ0) is 17.9. The number of aromatic amines is 1. The van der Waals surface area contributed by atoms with E-state index in [2.05, 4.69) is 31.1 Å². The van der Waals surface area contributed by atoms with Crippen LogP contribution in [0.2, 0.25) is 0 Å². The Bertz CT molecular complexity index is 492. The fraction of sp³-hybridized carbons (Fsp3) is 0.250. The molecule has 2 aromatic heterocycles. The predicted molar refractivity (Wildman–Crippen MR) is 104 cm³/mol. The van der Waals surface area contributed by atoms with Crippen LogP contribution in [0.1, 0.15) is 7.43 Å². The fourth-order valence-corrected chi connectivity index (χ4v) is 0.989. The number of carbonyl (C=O) groups is 1. The maximum absolute atomic E-state index is 9.14. The number of carbonyl (C=O) groups excluding carboxylic acids is 1. The van der Waals surface area contributed by atoms with Crippen molar-refractivity contribution in [2.45, 2.75) is 12.6 Å². The molecule has 0 atom stereocenters. The first-order chi connectivity index (χ1) is 11.0. The molecule has 136 valence electrons. The third kappa shape index (κ3) is 21.8. The first kappa shape index (κ1) is 26.4. The molecule has 24 heavy (non-hydrogen) atoms. The Hall–Kier alpha value is -2.47. The SMILES string of the molecule is C.CSC=O.CSc1n[nH]c(N)n1.NN=C(N)N.c1ccncc1. The summed E-state index contributed by atoms with van der Waals surface area (Å²) in [5.74, 6) is 4.79. The van der Waals surface area contributed by atoms with Gasteiger partial charge in [0.1, 0.15) is 0 Å². The molecule has 0 aromatic carbocycles. The Morgan fingerprint density at radius 1 is 1.25 bits per heavy atom. The number of hydrogen-bond donors (Lipinski definition) is 5. The molecule has 0 aliphatic rings. The maximum Gasteiger partial charge on any atom is 0.216 e. The minimum Gasteiger partial charge on any atom is -0.369 e. The highest BCUT2D eigenvalue weighted by Crippen LogP contribution is 2.06. The number of pyridine rings is 1. The van der Waals surface area contributed by atoms with Gasteiger partial charge in [-0.15, -0.1) is 10.2 Å². The highest BCUT2D eigenvalue weighted by molar-refractivity contribution is 8.11. The topological polar surface area (TPSA) is 188 Å². The molecule has 2 heterocycles. The largest absolute Gasteiger partial charge is 0.369 e. The molecule has 0 bridgehead atoms. The zero-order valence-electron chi connectivity index (χ0n) is 12.8. The molecule has 2 aromatic rings. The van der Waals surface area contributed by atoms with Crippen LogP contribution in [-0.2, 0) is 4.79 Å². The fourth-order valence-electron chi connectivity index (χ4n) is 0.662. The van der Waals surface area contributed by atoms with E-state index in [1.807, 2.05) is 24.5 Å². The molecular weight excluding hydrogens is 350 g/mol. The number of nitrogen functional groups attached to an aromatic ring is 1. The first-order valence-electron chi connectivity index (χ1n) is 5.83. The van der Waals surface area contributed by atoms with Crippen molar-refractivity contribution in [2.24, 2.45) is 22.4 Å². The van der Waals surface area contributed by atoms with Crippen molar-refractivity contribution in [3.8, 4) is 0 Å². The van der Waals surface area contributed by atoms with E-state index in [4.69, 9.17) is 22.0 Å². The van der Waals surface area contributed by atoms with Gasteiger partial charge in [0, 0.05) is 12.4 Å². The molecule has 0 saturated carbocycles. The number of guanidine groups is 1. The van der Waals surface area contributed by atoms with Gasteiger partial charge in [-0.05, 0) is 24.6 Å². The summed E-state index contributed by atoms with van der Waals surface area (Å²) in [6.45, 7) is 0. The Labute approximate surface area is 150 Å². The van der Waals surface area contributed by atoms with Crippen molar-refractivity contribution in [3.05, 3.63) is 30.6 Å². The van der Waals surface area contributed by atoms with Crippen LogP contribution in [0.4, 0.5) is 5.95 Å². The standard InChI is InChI=1S/C5H5N.C3H6N4S.C2H4OS.CH6N4.CH4/c1-2-4-6-5-3-1;1-8-3-5-2(4)6-7-3;1-4-2-3;2-1(3)5-4;/h1-5H;1H3,(H3,4,5,6,7);2H,1H3;4H2,(H4,2,3,5);1H4. The Morgan fingerprint density at radius 2 is 1.75 bits per heavy atom. The number of nitrogens with two attached hydrogens (primary N) is 4. The van der Waals surface area contributed by atoms with Crippen LogP contribution in [-0.4, -0.2) is 44.3 Å². The lowest BCUT2D eigenvalue weighted by atomic mass is 10.5. The molecule has 0 spiro atoms. The summed E-state index contributed by atoms with van der Waals surface area (Å²) in [5.41, 5.74) is 15.4. The molecular formula is C12H25N9OS2. The summed E-state index contributed by atoms with van der Waals surface area (Å²) in [5, 5.41) is 9.80. The molecule has 0 fully saturated rings. The molecule has 10 nitrogen and oxygen atoms in total. The molecule has 9 N–H and O–H groups in total. The van der Waals surface area contributed by atoms with Crippen LogP contribution >= 0.6 is 23.5 Å². The van der Waals surface area contributed by atoms with Gasteiger partial charge in [0.2, 0.25) is 17.1 Å². The van der Waals surface area contributed by atoms with E-state index in [0.717, 1.165) is 5.62 Å². The summed E-state index contributed by atoms with van der Waals surface area (Å²) in [7, 11) is 0. The lowest BCUT2D eigenvalue weighted by Gasteiger charge is -1.76. The molecule has 0 amide bonds. The third-order valence-electron chi connectivity index (χ3n) is 1.48. The number of hydrazone groups is 1. The van der Waals surface area contributed by atoms with Gasteiger partial charge in [-0.25, -0.2) is 5.10 Å². The quantitative estimate of drug-likeness (QED) is 0.123. The molecule has 0 saturated heterocycles. The smallest absolute Gasteiger partial charge is 0.216 e. The number of nitrogens with zero attached hydrogens (tertiary/aromatic N) is 4. The van der Waals surface area contributed by atoms with E-state index in [9.17, 15) is 0 Å². The lowest BCUT2D eigenvalue weighted by molar-refractivity contribution is 0.570. The molecule has 12 heteroatoms. The Balaban J connectivity index is -0.000000251. The van der Waals surface area contributed by atoms with Gasteiger partial charge >= 0.3 is 0 Å². The van der Waals surface area contributed by atoms with Gasteiger partial charge in [0.25, 0.3) is 0 Å². The molecule has 0 aliphatic carbocycles. The van der Waals surface area contributed by atoms with Crippen LogP contribution in [0.5, 0.6) is 0 Å². The van der Waals surface area contributed by atoms with Crippen LogP contribution in [0.3, 0.4) is 0 Å². The average Bonchev–Trinajstić information content (AvgIpc) is 3.03. The van der Waals surface area contributed by atoms with Gasteiger partial charge in [0.15, 0.2) is 5.62 Å². The van der Waals surface area contributed by atoms with Crippen molar-refractivity contribution in [2.75, 3.05) is 18.2 Å². The van der Waals surface area contributed by atoms with E-state index in [0.29, 0.717) is 11.1 Å². The molecule has 2 rings (SSSR count). The minimum atomic E-state index is -0.0926. The lowest BCUT2D eigenvalue weighted by Crippen LogP contribution is -2.23. The second kappa shape index (κ2) is 20.5.